The van der Waals surface area contributed by atoms with Crippen LogP contribution in [0.25, 0.3) is 0 Å². The highest BCUT2D eigenvalue weighted by atomic mass is 32.2. The van der Waals surface area contributed by atoms with E-state index < -0.39 is 10.0 Å². The van der Waals surface area contributed by atoms with Crippen molar-refractivity contribution in [3.8, 4) is 5.75 Å². The van der Waals surface area contributed by atoms with Crippen LogP contribution in [0.15, 0.2) is 53.7 Å². The average molecular weight is 476 g/mol. The Morgan fingerprint density at radius 3 is 2.38 bits per heavy atom. The molecule has 32 heavy (non-hydrogen) atoms. The van der Waals surface area contributed by atoms with Crippen LogP contribution in [-0.2, 0) is 28.4 Å². The van der Waals surface area contributed by atoms with Gasteiger partial charge in [0.2, 0.25) is 15.9 Å². The topological polar surface area (TPSA) is 106 Å². The lowest BCUT2D eigenvalue weighted by molar-refractivity contribution is -0.113. The summed E-state index contributed by atoms with van der Waals surface area (Å²) in [4.78, 5) is 12.3. The quantitative estimate of drug-likeness (QED) is 0.474. The van der Waals surface area contributed by atoms with Crippen molar-refractivity contribution < 1.29 is 17.9 Å². The highest BCUT2D eigenvalue weighted by molar-refractivity contribution is 7.99. The van der Waals surface area contributed by atoms with Gasteiger partial charge in [-0.3, -0.25) is 9.10 Å². The van der Waals surface area contributed by atoms with E-state index in [2.05, 4.69) is 15.5 Å². The van der Waals surface area contributed by atoms with E-state index in [1.165, 1.54) is 16.1 Å². The maximum atomic E-state index is 12.4. The number of rotatable bonds is 9. The third-order valence-electron chi connectivity index (χ3n) is 4.64. The third kappa shape index (κ3) is 6.01. The maximum Gasteiger partial charge on any atom is 0.234 e. The number of carbonyl (C=O) groups excluding carboxylic acids is 1. The molecule has 0 aliphatic rings. The summed E-state index contributed by atoms with van der Waals surface area (Å²) in [5, 5.41) is 11.6. The summed E-state index contributed by atoms with van der Waals surface area (Å²) in [7, 11) is -0.206. The lowest BCUT2D eigenvalue weighted by Gasteiger charge is -2.22. The summed E-state index contributed by atoms with van der Waals surface area (Å²) in [5.74, 6) is 1.11. The third-order valence-corrected chi connectivity index (χ3v) is 6.80. The number of nitrogens with one attached hydrogen (secondary N) is 1. The molecule has 3 aromatic rings. The number of ether oxygens (including phenoxy) is 1. The molecule has 0 atom stereocenters. The molecule has 11 heteroatoms. The van der Waals surface area contributed by atoms with Crippen LogP contribution >= 0.6 is 11.8 Å². The van der Waals surface area contributed by atoms with Gasteiger partial charge in [0.1, 0.15) is 5.75 Å². The van der Waals surface area contributed by atoms with Gasteiger partial charge < -0.3 is 14.6 Å². The van der Waals surface area contributed by atoms with Crippen molar-refractivity contribution in [3.63, 3.8) is 0 Å². The Kier molecular flexibility index (Phi) is 7.41. The molecule has 1 aromatic heterocycles. The Hall–Kier alpha value is -3.05. The van der Waals surface area contributed by atoms with Gasteiger partial charge in [0, 0.05) is 12.7 Å². The highest BCUT2D eigenvalue weighted by Crippen LogP contribution is 2.23. The predicted octanol–water partition coefficient (Wildman–Crippen LogP) is 2.83. The van der Waals surface area contributed by atoms with E-state index in [4.69, 9.17) is 4.74 Å². The molecule has 0 saturated heterocycles. The van der Waals surface area contributed by atoms with E-state index in [1.807, 2.05) is 19.1 Å². The van der Waals surface area contributed by atoms with Gasteiger partial charge in [-0.15, -0.1) is 10.2 Å². The normalized spacial score (nSPS) is 11.2. The average Bonchev–Trinajstić information content (AvgIpc) is 3.10. The second-order valence-electron chi connectivity index (χ2n) is 7.13. The van der Waals surface area contributed by atoms with Crippen LogP contribution < -0.4 is 14.4 Å². The molecule has 0 radical (unpaired) electrons. The first-order chi connectivity index (χ1) is 15.2. The lowest BCUT2D eigenvalue weighted by Crippen LogP contribution is -2.30. The van der Waals surface area contributed by atoms with Gasteiger partial charge in [-0.1, -0.05) is 29.5 Å². The fourth-order valence-corrected chi connectivity index (χ4v) is 4.43. The number of carbonyl (C=O) groups is 1. The number of hydrogen-bond donors (Lipinski definition) is 1. The largest absolute Gasteiger partial charge is 0.497 e. The van der Waals surface area contributed by atoms with Crippen LogP contribution in [0.5, 0.6) is 5.75 Å². The lowest BCUT2D eigenvalue weighted by atomic mass is 10.2. The summed E-state index contributed by atoms with van der Waals surface area (Å²) in [5.41, 5.74) is 2.25. The van der Waals surface area contributed by atoms with Crippen molar-refractivity contribution in [2.24, 2.45) is 7.05 Å². The van der Waals surface area contributed by atoms with Gasteiger partial charge in [-0.05, 0) is 43.3 Å². The maximum absolute atomic E-state index is 12.4. The van der Waals surface area contributed by atoms with E-state index in [9.17, 15) is 13.2 Å². The molecule has 1 amide bonds. The molecule has 1 heterocycles. The number of sulfonamides is 1. The summed E-state index contributed by atoms with van der Waals surface area (Å²) >= 11 is 1.22. The van der Waals surface area contributed by atoms with Gasteiger partial charge in [0.25, 0.3) is 0 Å². The smallest absolute Gasteiger partial charge is 0.234 e. The van der Waals surface area contributed by atoms with E-state index in [1.54, 1.807) is 55.1 Å². The molecule has 0 aliphatic heterocycles. The van der Waals surface area contributed by atoms with Crippen LogP contribution in [0.1, 0.15) is 11.4 Å². The molecule has 170 valence electrons. The molecule has 2 aromatic carbocycles. The predicted molar refractivity (Wildman–Crippen MR) is 126 cm³/mol. The summed E-state index contributed by atoms with van der Waals surface area (Å²) in [6, 6.07) is 14.3. The number of nitrogens with zero attached hydrogens (tertiary/aromatic N) is 4. The monoisotopic (exact) mass is 475 g/mol. The molecule has 3 rings (SSSR count). The zero-order chi connectivity index (χ0) is 23.3. The van der Waals surface area contributed by atoms with Gasteiger partial charge in [-0.2, -0.15) is 0 Å². The molecule has 0 bridgehead atoms. The fourth-order valence-electron chi connectivity index (χ4n) is 2.85. The Morgan fingerprint density at radius 1 is 1.12 bits per heavy atom. The zero-order valence-electron chi connectivity index (χ0n) is 18.3. The summed E-state index contributed by atoms with van der Waals surface area (Å²) < 4.78 is 32.8. The van der Waals surface area contributed by atoms with Crippen LogP contribution in [0.3, 0.4) is 0 Å². The Balaban J connectivity index is 1.65. The minimum absolute atomic E-state index is 0.0317. The first-order valence-corrected chi connectivity index (χ1v) is 12.5. The number of thioether (sulfide) groups is 1. The first-order valence-electron chi connectivity index (χ1n) is 9.66. The minimum atomic E-state index is -3.53. The molecular weight excluding hydrogens is 450 g/mol. The minimum Gasteiger partial charge on any atom is -0.497 e. The highest BCUT2D eigenvalue weighted by Gasteiger charge is 2.21. The molecule has 0 unspecified atom stereocenters. The summed E-state index contributed by atoms with van der Waals surface area (Å²) in [6.45, 7) is 1.97. The van der Waals surface area contributed by atoms with Crippen molar-refractivity contribution in [3.05, 3.63) is 59.9 Å². The number of methoxy groups -OCH3 is 1. The van der Waals surface area contributed by atoms with Crippen LogP contribution in [-0.4, -0.2) is 48.2 Å². The number of benzene rings is 2. The van der Waals surface area contributed by atoms with Crippen molar-refractivity contribution in [1.82, 2.24) is 14.8 Å². The van der Waals surface area contributed by atoms with E-state index >= 15 is 0 Å². The van der Waals surface area contributed by atoms with Crippen molar-refractivity contribution in [2.45, 2.75) is 18.6 Å². The second-order valence-corrected chi connectivity index (χ2v) is 9.98. The Morgan fingerprint density at radius 2 is 1.78 bits per heavy atom. The second kappa shape index (κ2) is 10.0. The standard InChI is InChI=1S/C21H25N5O4S2/c1-15-5-9-17(10-6-15)26(32(4,28)29)13-19-23-24-21(25(19)2)31-14-20(27)22-16-7-11-18(30-3)12-8-16/h5-12H,13-14H2,1-4H3,(H,22,27). The van der Waals surface area contributed by atoms with Gasteiger partial charge >= 0.3 is 0 Å². The molecule has 9 nitrogen and oxygen atoms in total. The van der Waals surface area contributed by atoms with Gasteiger partial charge in [0.05, 0.1) is 31.4 Å². The fraction of sp³-hybridized carbons (Fsp3) is 0.286. The van der Waals surface area contributed by atoms with E-state index in [0.29, 0.717) is 28.1 Å². The number of hydrogen-bond acceptors (Lipinski definition) is 7. The molecule has 0 saturated carbocycles. The molecule has 1 N–H and O–H groups in total. The molecular formula is C21H25N5O4S2. The van der Waals surface area contributed by atoms with E-state index in [0.717, 1.165) is 11.8 Å². The van der Waals surface area contributed by atoms with Crippen LogP contribution in [0, 0.1) is 6.92 Å². The van der Waals surface area contributed by atoms with Gasteiger partial charge in [0.15, 0.2) is 11.0 Å². The van der Waals surface area contributed by atoms with Crippen molar-refractivity contribution >= 4 is 39.1 Å². The summed E-state index contributed by atoms with van der Waals surface area (Å²) in [6.07, 6.45) is 1.16. The SMILES string of the molecule is COc1ccc(NC(=O)CSc2nnc(CN(c3ccc(C)cc3)S(C)(=O)=O)n2C)cc1. The molecule has 0 aliphatic carbocycles. The molecule has 0 spiro atoms. The molecule has 0 fully saturated rings. The van der Waals surface area contributed by atoms with Crippen LogP contribution in [0.2, 0.25) is 0 Å². The zero-order valence-corrected chi connectivity index (χ0v) is 19.9. The number of aryl methyl sites for hydroxylation is 1. The van der Waals surface area contributed by atoms with E-state index in [-0.39, 0.29) is 18.2 Å². The number of amides is 1. The number of aromatic nitrogens is 3. The van der Waals surface area contributed by atoms with Crippen LogP contribution in [0.4, 0.5) is 11.4 Å². The van der Waals surface area contributed by atoms with Gasteiger partial charge in [-0.25, -0.2) is 8.42 Å². The van der Waals surface area contributed by atoms with Crippen molar-refractivity contribution in [2.75, 3.05) is 28.7 Å². The van der Waals surface area contributed by atoms with Crippen molar-refractivity contribution in [1.29, 1.82) is 0 Å². The Labute approximate surface area is 191 Å². The number of anilines is 2. The Bertz CT molecular complexity index is 1180. The first kappa shape index (κ1) is 23.6.